The summed E-state index contributed by atoms with van der Waals surface area (Å²) in [4.78, 5) is 24.2. The highest BCUT2D eigenvalue weighted by molar-refractivity contribution is 7.89. The van der Waals surface area contributed by atoms with E-state index in [0.717, 1.165) is 73.3 Å². The molecule has 4 heterocycles. The maximum Gasteiger partial charge on any atom is 0.354 e. The van der Waals surface area contributed by atoms with E-state index in [4.69, 9.17) is 20.9 Å². The topological polar surface area (TPSA) is 195 Å². The molecule has 1 fully saturated rings. The van der Waals surface area contributed by atoms with Crippen molar-refractivity contribution in [1.29, 1.82) is 0 Å². The number of nitrogens with one attached hydrogen (secondary N) is 3. The first-order valence-corrected chi connectivity index (χ1v) is 22.1. The molecule has 0 radical (unpaired) electrons. The standard InChI is InChI=1S/C24H32N2O4S.C21H29N7O/c1-24(2,3)18-8-10-21(11-9-18)31(27,28)26(19-12-14-25-15-13-19)16-20-17-29-22-6-4-5-7-23(22)30-20;1-21(2,3)17-11-15-13-28(20(29)27-18(15)26-17)16-7-5-14(6-8-16)12-24-9-4-10-25-19(22)23/h4-11,19-20,25H,12-17H2,1-3H3;5-8,11,13,24H,4,9-10,12H2,1-3H3,(H4,22,23,25)(H,26,27,29). The number of sulfonamides is 1. The van der Waals surface area contributed by atoms with E-state index in [-0.39, 0.29) is 41.2 Å². The van der Waals surface area contributed by atoms with Gasteiger partial charge in [0.15, 0.2) is 17.5 Å². The summed E-state index contributed by atoms with van der Waals surface area (Å²) >= 11 is 0. The maximum atomic E-state index is 13.7. The quantitative estimate of drug-likeness (QED) is 0.0623. The zero-order valence-corrected chi connectivity index (χ0v) is 36.5. The van der Waals surface area contributed by atoms with Crippen molar-refractivity contribution in [1.82, 2.24) is 29.5 Å². The summed E-state index contributed by atoms with van der Waals surface area (Å²) in [7, 11) is -3.67. The number of rotatable bonds is 12. The lowest BCUT2D eigenvalue weighted by Gasteiger charge is -2.37. The first-order valence-electron chi connectivity index (χ1n) is 20.7. The fourth-order valence-corrected chi connectivity index (χ4v) is 8.87. The van der Waals surface area contributed by atoms with Gasteiger partial charge in [-0.25, -0.2) is 13.2 Å². The van der Waals surface area contributed by atoms with Gasteiger partial charge in [0, 0.05) is 41.8 Å². The predicted octanol–water partition coefficient (Wildman–Crippen LogP) is 5.33. The van der Waals surface area contributed by atoms with Crippen molar-refractivity contribution in [3.63, 3.8) is 0 Å². The number of hydrogen-bond acceptors (Lipinski definition) is 9. The SMILES string of the molecule is CC(C)(C)c1cc2cn(-c3ccc(CNCCCN=C(N)N)cc3)c(=O)nc2[nH]1.CC(C)(C)c1ccc(S(=O)(=O)N(CC2COc3ccccc3O2)C2CCNCC2)cc1. The molecule has 7 rings (SSSR count). The normalized spacial score (nSPS) is 16.0. The van der Waals surface area contributed by atoms with Crippen LogP contribution in [0, 0.1) is 0 Å². The van der Waals surface area contributed by atoms with Crippen LogP contribution in [0.3, 0.4) is 0 Å². The number of aromatic nitrogens is 3. The number of H-pyrrole nitrogens is 1. The Bertz CT molecular complexity index is 2390. The zero-order valence-electron chi connectivity index (χ0n) is 35.7. The Morgan fingerprint density at radius 1 is 0.950 bits per heavy atom. The summed E-state index contributed by atoms with van der Waals surface area (Å²) in [5, 5.41) is 7.59. The van der Waals surface area contributed by atoms with Crippen LogP contribution in [-0.2, 0) is 27.4 Å². The monoisotopic (exact) mass is 839 g/mol. The van der Waals surface area contributed by atoms with Crippen molar-refractivity contribution in [3.8, 4) is 17.2 Å². The summed E-state index contributed by atoms with van der Waals surface area (Å²) in [6.45, 7) is 17.1. The molecule has 0 aliphatic carbocycles. The molecule has 1 saturated heterocycles. The number of aromatic amines is 1. The number of benzene rings is 3. The summed E-state index contributed by atoms with van der Waals surface area (Å²) in [6.07, 6.45) is 3.92. The van der Waals surface area contributed by atoms with E-state index in [1.54, 1.807) is 21.0 Å². The van der Waals surface area contributed by atoms with Gasteiger partial charge in [-0.05, 0) is 97.9 Å². The molecule has 2 aromatic heterocycles. The number of hydrogen-bond donors (Lipinski definition) is 5. The van der Waals surface area contributed by atoms with Crippen LogP contribution in [0.1, 0.15) is 77.6 Å². The van der Waals surface area contributed by atoms with Crippen LogP contribution in [0.15, 0.2) is 99.7 Å². The second-order valence-electron chi connectivity index (χ2n) is 17.5. The van der Waals surface area contributed by atoms with Crippen LogP contribution in [0.4, 0.5) is 0 Å². The number of aliphatic imine (C=N–C) groups is 1. The van der Waals surface area contributed by atoms with Crippen LogP contribution in [-0.4, -0.2) is 84.7 Å². The van der Waals surface area contributed by atoms with Gasteiger partial charge >= 0.3 is 5.69 Å². The van der Waals surface area contributed by atoms with E-state index in [1.165, 1.54) is 0 Å². The number of fused-ring (bicyclic) bond motifs is 2. The Morgan fingerprint density at radius 2 is 1.63 bits per heavy atom. The van der Waals surface area contributed by atoms with Crippen LogP contribution >= 0.6 is 0 Å². The smallest absolute Gasteiger partial charge is 0.354 e. The van der Waals surface area contributed by atoms with Crippen molar-refractivity contribution in [2.24, 2.45) is 16.5 Å². The van der Waals surface area contributed by atoms with Crippen molar-refractivity contribution in [3.05, 3.63) is 112 Å². The molecule has 1 atom stereocenters. The lowest BCUT2D eigenvalue weighted by molar-refractivity contribution is 0.0666. The van der Waals surface area contributed by atoms with Gasteiger partial charge in [0.1, 0.15) is 18.4 Å². The second-order valence-corrected chi connectivity index (χ2v) is 19.4. The van der Waals surface area contributed by atoms with Gasteiger partial charge in [0.05, 0.1) is 17.1 Å². The van der Waals surface area contributed by atoms with Crippen LogP contribution in [0.25, 0.3) is 16.7 Å². The first kappa shape index (κ1) is 44.3. The minimum Gasteiger partial charge on any atom is -0.486 e. The molecule has 0 saturated carbocycles. The largest absolute Gasteiger partial charge is 0.486 e. The van der Waals surface area contributed by atoms with E-state index in [2.05, 4.69) is 73.2 Å². The Hall–Kier alpha value is -5.22. The highest BCUT2D eigenvalue weighted by Crippen LogP contribution is 2.33. The third-order valence-electron chi connectivity index (χ3n) is 10.7. The lowest BCUT2D eigenvalue weighted by atomic mass is 9.87. The van der Waals surface area contributed by atoms with E-state index in [9.17, 15) is 13.2 Å². The van der Waals surface area contributed by atoms with E-state index in [1.807, 2.05) is 66.9 Å². The van der Waals surface area contributed by atoms with Crippen molar-refractivity contribution >= 4 is 27.0 Å². The molecule has 2 aliphatic rings. The molecule has 0 bridgehead atoms. The number of ether oxygens (including phenoxy) is 2. The molecule has 0 spiro atoms. The number of nitrogens with two attached hydrogens (primary N) is 2. The van der Waals surface area contributed by atoms with E-state index >= 15 is 0 Å². The first-order chi connectivity index (χ1) is 28.5. The third kappa shape index (κ3) is 11.3. The molecule has 5 aromatic rings. The van der Waals surface area contributed by atoms with Crippen molar-refractivity contribution < 1.29 is 17.9 Å². The third-order valence-corrected chi connectivity index (χ3v) is 12.6. The average Bonchev–Trinajstić information content (AvgIpc) is 3.65. The molecule has 15 heteroatoms. The molecule has 2 aliphatic heterocycles. The lowest BCUT2D eigenvalue weighted by Crippen LogP contribution is -2.51. The number of guanidine groups is 1. The summed E-state index contributed by atoms with van der Waals surface area (Å²) in [5.41, 5.74) is 14.9. The van der Waals surface area contributed by atoms with E-state index < -0.39 is 10.0 Å². The van der Waals surface area contributed by atoms with E-state index in [0.29, 0.717) is 35.2 Å². The Morgan fingerprint density at radius 3 is 2.28 bits per heavy atom. The summed E-state index contributed by atoms with van der Waals surface area (Å²) in [5.74, 6) is 1.49. The van der Waals surface area contributed by atoms with Gasteiger partial charge in [-0.3, -0.25) is 9.56 Å². The average molecular weight is 840 g/mol. The minimum atomic E-state index is -3.67. The van der Waals surface area contributed by atoms with Gasteiger partial charge in [-0.2, -0.15) is 9.29 Å². The highest BCUT2D eigenvalue weighted by Gasteiger charge is 2.36. The fraction of sp³-hybridized carbons (Fsp3) is 0.444. The minimum absolute atomic E-state index is 0.0301. The molecule has 0 amide bonds. The Kier molecular flexibility index (Phi) is 14.0. The summed E-state index contributed by atoms with van der Waals surface area (Å²) < 4.78 is 42.6. The molecule has 3 aromatic carbocycles. The fourth-order valence-electron chi connectivity index (χ4n) is 7.16. The van der Waals surface area contributed by atoms with Crippen LogP contribution < -0.4 is 37.3 Å². The molecule has 14 nitrogen and oxygen atoms in total. The van der Waals surface area contributed by atoms with Gasteiger partial charge in [0.25, 0.3) is 0 Å². The number of nitrogens with zero attached hydrogens (tertiary/aromatic N) is 4. The van der Waals surface area contributed by atoms with Gasteiger partial charge in [-0.15, -0.1) is 0 Å². The molecular formula is C45H61N9O5S. The Labute approximate surface area is 353 Å². The number of piperidine rings is 1. The van der Waals surface area contributed by atoms with Gasteiger partial charge in [-0.1, -0.05) is 77.9 Å². The zero-order chi connectivity index (χ0) is 43.1. The molecular weight excluding hydrogens is 779 g/mol. The van der Waals surface area contributed by atoms with Crippen molar-refractivity contribution in [2.75, 3.05) is 39.3 Å². The number of para-hydroxylation sites is 2. The summed E-state index contributed by atoms with van der Waals surface area (Å²) in [6, 6.07) is 24.7. The van der Waals surface area contributed by atoms with Gasteiger partial charge in [0.2, 0.25) is 10.0 Å². The maximum absolute atomic E-state index is 13.7. The molecule has 60 heavy (non-hydrogen) atoms. The van der Waals surface area contributed by atoms with Crippen molar-refractivity contribution in [2.45, 2.75) is 95.2 Å². The highest BCUT2D eigenvalue weighted by atomic mass is 32.2. The Balaban J connectivity index is 0.000000202. The predicted molar refractivity (Wildman–Crippen MR) is 239 cm³/mol. The second kappa shape index (κ2) is 19.0. The van der Waals surface area contributed by atoms with Crippen LogP contribution in [0.5, 0.6) is 11.5 Å². The molecule has 1 unspecified atom stereocenters. The molecule has 7 N–H and O–H groups in total. The van der Waals surface area contributed by atoms with Crippen LogP contribution in [0.2, 0.25) is 0 Å². The molecule has 322 valence electrons. The van der Waals surface area contributed by atoms with Gasteiger partial charge < -0.3 is 36.6 Å².